The van der Waals surface area contributed by atoms with E-state index in [0.29, 0.717) is 5.75 Å². The number of rotatable bonds is 5. The van der Waals surface area contributed by atoms with Crippen molar-refractivity contribution in [3.05, 3.63) is 38.9 Å². The van der Waals surface area contributed by atoms with Gasteiger partial charge in [0.05, 0.1) is 17.1 Å². The minimum atomic E-state index is -1.16. The quantitative estimate of drug-likeness (QED) is 0.537. The van der Waals surface area contributed by atoms with E-state index in [9.17, 15) is 19.8 Å². The van der Waals surface area contributed by atoms with Gasteiger partial charge in [-0.15, -0.1) is 0 Å². The van der Waals surface area contributed by atoms with Crippen LogP contribution in [-0.2, 0) is 22.4 Å². The third-order valence-corrected chi connectivity index (χ3v) is 5.61. The summed E-state index contributed by atoms with van der Waals surface area (Å²) in [7, 11) is 0. The lowest BCUT2D eigenvalue weighted by Gasteiger charge is -2.31. The van der Waals surface area contributed by atoms with Gasteiger partial charge in [-0.1, -0.05) is 0 Å². The van der Waals surface area contributed by atoms with Gasteiger partial charge in [-0.3, -0.25) is 9.59 Å². The molecule has 0 spiro atoms. The second-order valence-corrected chi connectivity index (χ2v) is 7.85. The van der Waals surface area contributed by atoms with Gasteiger partial charge in [-0.05, 0) is 70.9 Å². The zero-order valence-corrected chi connectivity index (χ0v) is 16.6. The summed E-state index contributed by atoms with van der Waals surface area (Å²) in [6.07, 6.45) is 1.18. The number of halogens is 1. The van der Waals surface area contributed by atoms with Crippen molar-refractivity contribution >= 4 is 27.7 Å². The van der Waals surface area contributed by atoms with Crippen molar-refractivity contribution in [2.45, 2.75) is 50.9 Å². The molecule has 146 valence electrons. The Bertz CT molecular complexity index is 808. The molecular formula is C19H23BrN2O5. The Balaban J connectivity index is 1.87. The number of primary amides is 1. The second kappa shape index (κ2) is 8.00. The lowest BCUT2D eigenvalue weighted by molar-refractivity contribution is -0.123. The Morgan fingerprint density at radius 1 is 1.33 bits per heavy atom. The predicted octanol–water partition coefficient (Wildman–Crippen LogP) is 0.647. The fourth-order valence-corrected chi connectivity index (χ4v) is 4.34. The normalized spacial score (nSPS) is 24.1. The minimum absolute atomic E-state index is 0.0290. The number of hydrogen-bond acceptors (Lipinski definition) is 5. The molecule has 0 bridgehead atoms. The topological polar surface area (TPSA) is 122 Å². The Morgan fingerprint density at radius 2 is 2.04 bits per heavy atom. The fraction of sp³-hybridized carbons (Fsp3) is 0.474. The van der Waals surface area contributed by atoms with Crippen LogP contribution in [0.2, 0.25) is 0 Å². The highest BCUT2D eigenvalue weighted by molar-refractivity contribution is 9.10. The molecule has 7 nitrogen and oxygen atoms in total. The maximum absolute atomic E-state index is 12.2. The first-order chi connectivity index (χ1) is 12.8. The first-order valence-corrected chi connectivity index (χ1v) is 9.68. The molecule has 0 saturated carbocycles. The minimum Gasteiger partial charge on any atom is -0.482 e. The molecule has 0 radical (unpaired) electrons. The number of carbonyl (C=O) groups is 2. The molecular weight excluding hydrogens is 416 g/mol. The SMILES string of the molecule is Cc1cc(Br)c(OC2C=C(C(=O)NCC(N)=O)CC(O)C2O)c2c1CCC2. The van der Waals surface area contributed by atoms with E-state index in [1.165, 1.54) is 17.2 Å². The van der Waals surface area contributed by atoms with Gasteiger partial charge in [0.2, 0.25) is 11.8 Å². The van der Waals surface area contributed by atoms with Gasteiger partial charge in [-0.25, -0.2) is 0 Å². The van der Waals surface area contributed by atoms with E-state index in [2.05, 4.69) is 28.2 Å². The van der Waals surface area contributed by atoms with Crippen LogP contribution < -0.4 is 15.8 Å². The van der Waals surface area contributed by atoms with Crippen molar-refractivity contribution < 1.29 is 24.5 Å². The first-order valence-electron chi connectivity index (χ1n) is 8.88. The number of fused-ring (bicyclic) bond motifs is 1. The van der Waals surface area contributed by atoms with Crippen LogP contribution in [0.15, 0.2) is 22.2 Å². The molecule has 27 heavy (non-hydrogen) atoms. The molecule has 2 aliphatic rings. The molecule has 5 N–H and O–H groups in total. The molecule has 0 aromatic heterocycles. The summed E-state index contributed by atoms with van der Waals surface area (Å²) in [6.45, 7) is 1.76. The maximum atomic E-state index is 12.2. The van der Waals surface area contributed by atoms with E-state index in [4.69, 9.17) is 10.5 Å². The van der Waals surface area contributed by atoms with Crippen LogP contribution in [0.4, 0.5) is 0 Å². The summed E-state index contributed by atoms with van der Waals surface area (Å²) in [5.74, 6) is -0.534. The number of amides is 2. The zero-order valence-electron chi connectivity index (χ0n) is 15.0. The number of nitrogens with two attached hydrogens (primary N) is 1. The zero-order chi connectivity index (χ0) is 19.7. The molecule has 3 rings (SSSR count). The third kappa shape index (κ3) is 4.17. The number of hydrogen-bond donors (Lipinski definition) is 4. The highest BCUT2D eigenvalue weighted by Gasteiger charge is 2.35. The molecule has 3 unspecified atom stereocenters. The van der Waals surface area contributed by atoms with Crippen LogP contribution in [0.1, 0.15) is 29.5 Å². The van der Waals surface area contributed by atoms with Crippen LogP contribution in [0.3, 0.4) is 0 Å². The van der Waals surface area contributed by atoms with Crippen LogP contribution in [0, 0.1) is 6.92 Å². The molecule has 1 aromatic carbocycles. The van der Waals surface area contributed by atoms with E-state index >= 15 is 0 Å². The van der Waals surface area contributed by atoms with Crippen LogP contribution >= 0.6 is 15.9 Å². The molecule has 0 saturated heterocycles. The van der Waals surface area contributed by atoms with Gasteiger partial charge >= 0.3 is 0 Å². The summed E-state index contributed by atoms with van der Waals surface area (Å²) >= 11 is 3.53. The van der Waals surface area contributed by atoms with E-state index in [-0.39, 0.29) is 18.5 Å². The van der Waals surface area contributed by atoms with Crippen LogP contribution in [0.5, 0.6) is 5.75 Å². The summed E-state index contributed by atoms with van der Waals surface area (Å²) in [6, 6.07) is 1.98. The van der Waals surface area contributed by atoms with Crippen molar-refractivity contribution in [2.24, 2.45) is 5.73 Å². The van der Waals surface area contributed by atoms with Crippen molar-refractivity contribution in [1.29, 1.82) is 0 Å². The summed E-state index contributed by atoms with van der Waals surface area (Å²) in [4.78, 5) is 23.1. The molecule has 0 heterocycles. The van der Waals surface area contributed by atoms with Crippen molar-refractivity contribution in [1.82, 2.24) is 5.32 Å². The first kappa shape index (κ1) is 19.9. The van der Waals surface area contributed by atoms with Crippen LogP contribution in [0.25, 0.3) is 0 Å². The summed E-state index contributed by atoms with van der Waals surface area (Å²) in [5.41, 5.74) is 8.83. The largest absolute Gasteiger partial charge is 0.482 e. The lowest BCUT2D eigenvalue weighted by atomic mass is 9.91. The highest BCUT2D eigenvalue weighted by atomic mass is 79.9. The average Bonchev–Trinajstić information content (AvgIpc) is 3.09. The number of nitrogens with one attached hydrogen (secondary N) is 1. The second-order valence-electron chi connectivity index (χ2n) is 7.00. The number of benzene rings is 1. The molecule has 0 fully saturated rings. The molecule has 1 aromatic rings. The lowest BCUT2D eigenvalue weighted by Crippen LogP contribution is -2.45. The van der Waals surface area contributed by atoms with E-state index in [1.807, 2.05) is 6.07 Å². The van der Waals surface area contributed by atoms with E-state index in [0.717, 1.165) is 29.3 Å². The number of aliphatic hydroxyl groups excluding tert-OH is 2. The Morgan fingerprint density at radius 3 is 2.74 bits per heavy atom. The molecule has 2 amide bonds. The van der Waals surface area contributed by atoms with E-state index < -0.39 is 30.1 Å². The molecule has 0 aliphatic heterocycles. The van der Waals surface area contributed by atoms with Gasteiger partial charge in [-0.2, -0.15) is 0 Å². The summed E-state index contributed by atoms with van der Waals surface area (Å²) < 4.78 is 6.85. The van der Waals surface area contributed by atoms with Gasteiger partial charge in [0.1, 0.15) is 18.0 Å². The average molecular weight is 439 g/mol. The third-order valence-electron chi connectivity index (χ3n) is 5.02. The predicted molar refractivity (Wildman–Crippen MR) is 102 cm³/mol. The van der Waals surface area contributed by atoms with Gasteiger partial charge in [0.15, 0.2) is 0 Å². The number of ether oxygens (including phenoxy) is 1. The Kier molecular flexibility index (Phi) is 5.88. The Hall–Kier alpha value is -1.90. The summed E-state index contributed by atoms with van der Waals surface area (Å²) in [5, 5.41) is 22.9. The van der Waals surface area contributed by atoms with Gasteiger partial charge in [0, 0.05) is 12.0 Å². The van der Waals surface area contributed by atoms with Crippen molar-refractivity contribution in [3.63, 3.8) is 0 Å². The number of aliphatic hydroxyl groups is 2. The standard InChI is InChI=1S/C19H23BrN2O5/c1-9-5-13(20)18(12-4-2-3-11(9)12)27-15-7-10(6-14(23)17(15)25)19(26)22-8-16(21)24/h5,7,14-15,17,23,25H,2-4,6,8H2,1H3,(H2,21,24)(H,22,26). The van der Waals surface area contributed by atoms with Gasteiger partial charge in [0.25, 0.3) is 0 Å². The number of carbonyl (C=O) groups excluding carboxylic acids is 2. The smallest absolute Gasteiger partial charge is 0.247 e. The molecule has 8 heteroatoms. The number of aryl methyl sites for hydroxylation is 1. The molecule has 3 atom stereocenters. The highest BCUT2D eigenvalue weighted by Crippen LogP contribution is 2.40. The van der Waals surface area contributed by atoms with Crippen molar-refractivity contribution in [3.8, 4) is 5.75 Å². The Labute approximate surface area is 165 Å². The monoisotopic (exact) mass is 438 g/mol. The molecule has 2 aliphatic carbocycles. The fourth-order valence-electron chi connectivity index (χ4n) is 3.66. The van der Waals surface area contributed by atoms with Gasteiger partial charge < -0.3 is 26.0 Å². The van der Waals surface area contributed by atoms with Crippen LogP contribution in [-0.4, -0.2) is 46.9 Å². The van der Waals surface area contributed by atoms with Crippen molar-refractivity contribution in [2.75, 3.05) is 6.54 Å². The van der Waals surface area contributed by atoms with E-state index in [1.54, 1.807) is 0 Å². The maximum Gasteiger partial charge on any atom is 0.247 e.